The van der Waals surface area contributed by atoms with Gasteiger partial charge in [0, 0.05) is 20.1 Å². The third-order valence-electron chi connectivity index (χ3n) is 2.89. The number of hydrogen-bond acceptors (Lipinski definition) is 2. The van der Waals surface area contributed by atoms with E-state index in [-0.39, 0.29) is 6.54 Å². The van der Waals surface area contributed by atoms with Crippen LogP contribution in [0.3, 0.4) is 0 Å². The molecule has 0 bridgehead atoms. The third-order valence-corrected chi connectivity index (χ3v) is 2.89. The summed E-state index contributed by atoms with van der Waals surface area (Å²) < 4.78 is 41.7. The summed E-state index contributed by atoms with van der Waals surface area (Å²) >= 11 is 0. The topological polar surface area (TPSA) is 45.7 Å². The Kier molecular flexibility index (Phi) is 7.56. The molecule has 0 heterocycles. The number of aryl methyl sites for hydroxylation is 1. The van der Waals surface area contributed by atoms with Crippen molar-refractivity contribution in [3.63, 3.8) is 0 Å². The molecule has 1 rings (SSSR count). The van der Waals surface area contributed by atoms with Gasteiger partial charge in [-0.2, -0.15) is 13.2 Å². The molecule has 22 heavy (non-hydrogen) atoms. The second-order valence-electron chi connectivity index (χ2n) is 4.76. The summed E-state index contributed by atoms with van der Waals surface area (Å²) in [7, 11) is 1.52. The number of para-hydroxylation sites is 1. The van der Waals surface area contributed by atoms with Crippen LogP contribution >= 0.6 is 0 Å². The third kappa shape index (κ3) is 7.75. The minimum absolute atomic E-state index is 0.192. The van der Waals surface area contributed by atoms with E-state index in [1.165, 1.54) is 7.05 Å². The van der Waals surface area contributed by atoms with E-state index in [1.54, 1.807) is 0 Å². The van der Waals surface area contributed by atoms with E-state index in [0.717, 1.165) is 11.3 Å². The van der Waals surface area contributed by atoms with E-state index in [1.807, 2.05) is 31.2 Å². The van der Waals surface area contributed by atoms with Crippen LogP contribution in [0.1, 0.15) is 18.4 Å². The van der Waals surface area contributed by atoms with Crippen LogP contribution in [0.4, 0.5) is 13.2 Å². The minimum atomic E-state index is -4.16. The van der Waals surface area contributed by atoms with Gasteiger partial charge >= 0.3 is 6.18 Å². The van der Waals surface area contributed by atoms with Gasteiger partial charge in [-0.05, 0) is 25.0 Å². The van der Waals surface area contributed by atoms with Crippen molar-refractivity contribution < 1.29 is 17.9 Å². The van der Waals surface area contributed by atoms with Gasteiger partial charge in [0.05, 0.1) is 13.0 Å². The molecular formula is C15H22F3N3O. The van der Waals surface area contributed by atoms with Crippen LogP contribution in [0, 0.1) is 6.92 Å². The summed E-state index contributed by atoms with van der Waals surface area (Å²) in [4.78, 5) is 3.86. The lowest BCUT2D eigenvalue weighted by atomic mass is 10.2. The molecule has 0 amide bonds. The van der Waals surface area contributed by atoms with Gasteiger partial charge in [-0.1, -0.05) is 18.2 Å². The van der Waals surface area contributed by atoms with Crippen LogP contribution in [0.15, 0.2) is 29.3 Å². The largest absolute Gasteiger partial charge is 0.493 e. The Hall–Kier alpha value is -1.92. The number of benzene rings is 1. The molecule has 7 heteroatoms. The lowest BCUT2D eigenvalue weighted by Gasteiger charge is -2.13. The number of ether oxygens (including phenoxy) is 1. The SMILES string of the molecule is CN=C(NCCCOc1ccccc1C)NCCC(F)(F)F. The van der Waals surface area contributed by atoms with Gasteiger partial charge in [0.15, 0.2) is 5.96 Å². The van der Waals surface area contributed by atoms with Gasteiger partial charge in [0.1, 0.15) is 5.75 Å². The zero-order valence-corrected chi connectivity index (χ0v) is 12.8. The number of aliphatic imine (C=N–C) groups is 1. The normalized spacial score (nSPS) is 12.1. The van der Waals surface area contributed by atoms with Crippen molar-refractivity contribution in [2.75, 3.05) is 26.7 Å². The van der Waals surface area contributed by atoms with Crippen molar-refractivity contribution in [3.05, 3.63) is 29.8 Å². The van der Waals surface area contributed by atoms with Crippen LogP contribution in [-0.2, 0) is 0 Å². The zero-order valence-electron chi connectivity index (χ0n) is 12.8. The highest BCUT2D eigenvalue weighted by atomic mass is 19.4. The second-order valence-corrected chi connectivity index (χ2v) is 4.76. The Labute approximate surface area is 128 Å². The molecule has 1 aromatic carbocycles. The fourth-order valence-electron chi connectivity index (χ4n) is 1.72. The standard InChI is InChI=1S/C15H22F3N3O/c1-12-6-3-4-7-13(12)22-11-5-9-20-14(19-2)21-10-8-15(16,17)18/h3-4,6-7H,5,8-11H2,1-2H3,(H2,19,20,21). The summed E-state index contributed by atoms with van der Waals surface area (Å²) in [5, 5.41) is 5.57. The number of guanidine groups is 1. The van der Waals surface area contributed by atoms with Crippen molar-refractivity contribution in [2.45, 2.75) is 25.9 Å². The van der Waals surface area contributed by atoms with E-state index in [9.17, 15) is 13.2 Å². The predicted octanol–water partition coefficient (Wildman–Crippen LogP) is 2.88. The summed E-state index contributed by atoms with van der Waals surface area (Å²) in [6.07, 6.45) is -4.33. The van der Waals surface area contributed by atoms with Gasteiger partial charge in [0.25, 0.3) is 0 Å². The molecule has 0 aliphatic heterocycles. The maximum absolute atomic E-state index is 12.0. The van der Waals surface area contributed by atoms with Crippen molar-refractivity contribution in [1.29, 1.82) is 0 Å². The molecule has 0 radical (unpaired) electrons. The molecule has 4 nitrogen and oxygen atoms in total. The second kappa shape index (κ2) is 9.17. The first-order valence-corrected chi connectivity index (χ1v) is 7.12. The molecule has 2 N–H and O–H groups in total. The van der Waals surface area contributed by atoms with E-state index >= 15 is 0 Å². The minimum Gasteiger partial charge on any atom is -0.493 e. The van der Waals surface area contributed by atoms with Crippen LogP contribution in [-0.4, -0.2) is 38.9 Å². The molecule has 0 aliphatic carbocycles. The molecule has 124 valence electrons. The van der Waals surface area contributed by atoms with Gasteiger partial charge < -0.3 is 15.4 Å². The molecule has 0 fully saturated rings. The van der Waals surface area contributed by atoms with E-state index in [4.69, 9.17) is 4.74 Å². The maximum atomic E-state index is 12.0. The maximum Gasteiger partial charge on any atom is 0.390 e. The molecule has 0 aliphatic rings. The first kappa shape index (κ1) is 18.1. The molecule has 1 aromatic rings. The van der Waals surface area contributed by atoms with Crippen LogP contribution in [0.25, 0.3) is 0 Å². The van der Waals surface area contributed by atoms with Crippen LogP contribution < -0.4 is 15.4 Å². The van der Waals surface area contributed by atoms with Crippen molar-refractivity contribution in [1.82, 2.24) is 10.6 Å². The fraction of sp³-hybridized carbons (Fsp3) is 0.533. The summed E-state index contributed by atoms with van der Waals surface area (Å²) in [5.74, 6) is 1.20. The number of nitrogens with one attached hydrogen (secondary N) is 2. The number of hydrogen-bond donors (Lipinski definition) is 2. The lowest BCUT2D eigenvalue weighted by Crippen LogP contribution is -2.39. The number of halogens is 3. The molecule has 0 aromatic heterocycles. The quantitative estimate of drug-likeness (QED) is 0.462. The summed E-state index contributed by atoms with van der Waals surface area (Å²) in [5.41, 5.74) is 1.07. The van der Waals surface area contributed by atoms with Crippen molar-refractivity contribution in [3.8, 4) is 5.75 Å². The lowest BCUT2D eigenvalue weighted by molar-refractivity contribution is -0.132. The number of rotatable bonds is 7. The van der Waals surface area contributed by atoms with E-state index < -0.39 is 12.6 Å². The van der Waals surface area contributed by atoms with Gasteiger partial charge in [-0.3, -0.25) is 4.99 Å². The first-order chi connectivity index (χ1) is 10.4. The van der Waals surface area contributed by atoms with Gasteiger partial charge in [-0.25, -0.2) is 0 Å². The Bertz CT molecular complexity index is 475. The molecule has 0 unspecified atom stereocenters. The van der Waals surface area contributed by atoms with Crippen LogP contribution in [0.5, 0.6) is 5.75 Å². The summed E-state index contributed by atoms with van der Waals surface area (Å²) in [6, 6.07) is 7.73. The monoisotopic (exact) mass is 317 g/mol. The Morgan fingerprint density at radius 2 is 1.86 bits per heavy atom. The Balaban J connectivity index is 2.16. The summed E-state index contributed by atoms with van der Waals surface area (Å²) in [6.45, 7) is 2.87. The smallest absolute Gasteiger partial charge is 0.390 e. The van der Waals surface area contributed by atoms with Gasteiger partial charge in [0.2, 0.25) is 0 Å². The van der Waals surface area contributed by atoms with Crippen LogP contribution in [0.2, 0.25) is 0 Å². The van der Waals surface area contributed by atoms with Gasteiger partial charge in [-0.15, -0.1) is 0 Å². The molecule has 0 spiro atoms. The highest BCUT2D eigenvalue weighted by Gasteiger charge is 2.26. The Morgan fingerprint density at radius 3 is 2.50 bits per heavy atom. The van der Waals surface area contributed by atoms with E-state index in [0.29, 0.717) is 25.5 Å². The highest BCUT2D eigenvalue weighted by Crippen LogP contribution is 2.18. The fourth-order valence-corrected chi connectivity index (χ4v) is 1.72. The average molecular weight is 317 g/mol. The average Bonchev–Trinajstić information content (AvgIpc) is 2.45. The van der Waals surface area contributed by atoms with Crippen molar-refractivity contribution in [2.24, 2.45) is 4.99 Å². The first-order valence-electron chi connectivity index (χ1n) is 7.12. The molecular weight excluding hydrogens is 295 g/mol. The predicted molar refractivity (Wildman–Crippen MR) is 81.3 cm³/mol. The van der Waals surface area contributed by atoms with E-state index in [2.05, 4.69) is 15.6 Å². The Morgan fingerprint density at radius 1 is 1.18 bits per heavy atom. The number of alkyl halides is 3. The molecule has 0 atom stereocenters. The van der Waals surface area contributed by atoms with Crippen molar-refractivity contribution >= 4 is 5.96 Å². The molecule has 0 saturated carbocycles. The number of nitrogens with zero attached hydrogens (tertiary/aromatic N) is 1. The molecule has 0 saturated heterocycles. The highest BCUT2D eigenvalue weighted by molar-refractivity contribution is 5.79. The zero-order chi connectivity index (χ0) is 16.4.